The minimum atomic E-state index is -0.0440. The fraction of sp³-hybridized carbons (Fsp3) is 0.294. The molecule has 1 aliphatic rings. The molecule has 0 saturated carbocycles. The molecule has 1 aromatic heterocycles. The molecule has 0 aliphatic carbocycles. The lowest BCUT2D eigenvalue weighted by molar-refractivity contribution is -0.116. The summed E-state index contributed by atoms with van der Waals surface area (Å²) < 4.78 is 0. The lowest BCUT2D eigenvalue weighted by Gasteiger charge is -2.14. The van der Waals surface area contributed by atoms with Crippen LogP contribution in [0.1, 0.15) is 40.2 Å². The summed E-state index contributed by atoms with van der Waals surface area (Å²) in [6.07, 6.45) is 1.66. The van der Waals surface area contributed by atoms with Gasteiger partial charge >= 0.3 is 0 Å². The van der Waals surface area contributed by atoms with Crippen LogP contribution >= 0.6 is 11.3 Å². The first-order valence-corrected chi connectivity index (χ1v) is 8.16. The molecule has 22 heavy (non-hydrogen) atoms. The quantitative estimate of drug-likeness (QED) is 0.886. The third-order valence-electron chi connectivity index (χ3n) is 4.02. The molecule has 0 atom stereocenters. The van der Waals surface area contributed by atoms with E-state index in [2.05, 4.69) is 0 Å². The first-order valence-electron chi connectivity index (χ1n) is 7.35. The van der Waals surface area contributed by atoms with E-state index in [1.54, 1.807) is 17.9 Å². The molecule has 2 N–H and O–H groups in total. The Labute approximate surface area is 133 Å². The van der Waals surface area contributed by atoms with Gasteiger partial charge in [0.05, 0.1) is 10.6 Å². The van der Waals surface area contributed by atoms with Gasteiger partial charge in [0.2, 0.25) is 5.91 Å². The Balaban J connectivity index is 1.95. The SMILES string of the molecule is CCc1cc(C(=O)c2ccc3c(c2)CCN3C(C)=O)c(N)s1. The molecule has 1 amide bonds. The smallest absolute Gasteiger partial charge is 0.223 e. The van der Waals surface area contributed by atoms with E-state index < -0.39 is 0 Å². The molecule has 2 heterocycles. The normalized spacial score (nSPS) is 13.3. The fourth-order valence-electron chi connectivity index (χ4n) is 2.84. The summed E-state index contributed by atoms with van der Waals surface area (Å²) in [5, 5.41) is 0.577. The maximum absolute atomic E-state index is 12.7. The van der Waals surface area contributed by atoms with Gasteiger partial charge in [0, 0.05) is 29.6 Å². The second kappa shape index (κ2) is 5.57. The number of hydrogen-bond donors (Lipinski definition) is 1. The van der Waals surface area contributed by atoms with E-state index in [0.717, 1.165) is 29.0 Å². The molecule has 1 aliphatic heterocycles. The number of benzene rings is 1. The Morgan fingerprint density at radius 3 is 2.73 bits per heavy atom. The van der Waals surface area contributed by atoms with Gasteiger partial charge in [0.25, 0.3) is 0 Å². The van der Waals surface area contributed by atoms with Crippen molar-refractivity contribution in [2.75, 3.05) is 17.2 Å². The lowest BCUT2D eigenvalue weighted by atomic mass is 10.0. The second-order valence-corrected chi connectivity index (χ2v) is 6.61. The molecular formula is C17H18N2O2S. The summed E-state index contributed by atoms with van der Waals surface area (Å²) >= 11 is 1.47. The summed E-state index contributed by atoms with van der Waals surface area (Å²) in [4.78, 5) is 27.1. The Morgan fingerprint density at radius 2 is 2.09 bits per heavy atom. The molecule has 0 unspecified atom stereocenters. The molecule has 114 valence electrons. The second-order valence-electron chi connectivity index (χ2n) is 5.44. The van der Waals surface area contributed by atoms with Gasteiger partial charge < -0.3 is 10.6 Å². The van der Waals surface area contributed by atoms with Gasteiger partial charge in [-0.2, -0.15) is 0 Å². The standard InChI is InChI=1S/C17H18N2O2S/c1-3-13-9-14(17(18)22-13)16(21)12-4-5-15-11(8-12)6-7-19(15)10(2)20/h4-5,8-9H,3,6-7,18H2,1-2H3. The number of fused-ring (bicyclic) bond motifs is 1. The number of ketones is 1. The van der Waals surface area contributed by atoms with E-state index >= 15 is 0 Å². The maximum atomic E-state index is 12.7. The zero-order chi connectivity index (χ0) is 15.9. The number of thiophene rings is 1. The van der Waals surface area contributed by atoms with Crippen LogP contribution < -0.4 is 10.6 Å². The van der Waals surface area contributed by atoms with Crippen molar-refractivity contribution in [3.63, 3.8) is 0 Å². The van der Waals surface area contributed by atoms with Crippen LogP contribution in [0, 0.1) is 0 Å². The minimum Gasteiger partial charge on any atom is -0.390 e. The van der Waals surface area contributed by atoms with Crippen LogP contribution in [0.15, 0.2) is 24.3 Å². The van der Waals surface area contributed by atoms with E-state index in [0.29, 0.717) is 22.7 Å². The number of nitrogens with zero attached hydrogens (tertiary/aromatic N) is 1. The number of aryl methyl sites for hydroxylation is 1. The van der Waals surface area contributed by atoms with Crippen molar-refractivity contribution in [2.45, 2.75) is 26.7 Å². The monoisotopic (exact) mass is 314 g/mol. The molecule has 0 saturated heterocycles. The summed E-state index contributed by atoms with van der Waals surface area (Å²) in [6, 6.07) is 7.42. The molecule has 3 rings (SSSR count). The van der Waals surface area contributed by atoms with Gasteiger partial charge in [0.15, 0.2) is 5.78 Å². The summed E-state index contributed by atoms with van der Waals surface area (Å²) in [6.45, 7) is 4.29. The number of rotatable bonds is 3. The Hall–Kier alpha value is -2.14. The van der Waals surface area contributed by atoms with E-state index in [1.165, 1.54) is 11.3 Å². The Bertz CT molecular complexity index is 764. The van der Waals surface area contributed by atoms with Crippen molar-refractivity contribution in [3.8, 4) is 0 Å². The minimum absolute atomic E-state index is 0.0347. The van der Waals surface area contributed by atoms with Crippen molar-refractivity contribution in [1.82, 2.24) is 0 Å². The molecule has 0 fully saturated rings. The van der Waals surface area contributed by atoms with Gasteiger partial charge in [-0.1, -0.05) is 6.92 Å². The number of carbonyl (C=O) groups is 2. The molecular weight excluding hydrogens is 296 g/mol. The number of nitrogen functional groups attached to an aromatic ring is 1. The lowest BCUT2D eigenvalue weighted by Crippen LogP contribution is -2.25. The average Bonchev–Trinajstić information content (AvgIpc) is 3.09. The number of nitrogens with two attached hydrogens (primary N) is 1. The van der Waals surface area contributed by atoms with E-state index in [9.17, 15) is 9.59 Å². The third kappa shape index (κ3) is 2.41. The van der Waals surface area contributed by atoms with E-state index in [4.69, 9.17) is 5.73 Å². The van der Waals surface area contributed by atoms with Crippen molar-refractivity contribution >= 4 is 33.7 Å². The van der Waals surface area contributed by atoms with Gasteiger partial charge in [0.1, 0.15) is 0 Å². The van der Waals surface area contributed by atoms with Crippen LogP contribution in [0.2, 0.25) is 0 Å². The maximum Gasteiger partial charge on any atom is 0.223 e. The van der Waals surface area contributed by atoms with Crippen molar-refractivity contribution in [2.24, 2.45) is 0 Å². The van der Waals surface area contributed by atoms with Crippen LogP contribution in [0.25, 0.3) is 0 Å². The highest BCUT2D eigenvalue weighted by atomic mass is 32.1. The van der Waals surface area contributed by atoms with Crippen LogP contribution in [0.3, 0.4) is 0 Å². The number of anilines is 2. The largest absolute Gasteiger partial charge is 0.390 e. The molecule has 1 aromatic carbocycles. The Morgan fingerprint density at radius 1 is 1.32 bits per heavy atom. The molecule has 0 spiro atoms. The predicted molar refractivity (Wildman–Crippen MR) is 89.7 cm³/mol. The summed E-state index contributed by atoms with van der Waals surface area (Å²) in [5.41, 5.74) is 9.16. The highest BCUT2D eigenvalue weighted by Gasteiger charge is 2.24. The third-order valence-corrected chi connectivity index (χ3v) is 5.13. The summed E-state index contributed by atoms with van der Waals surface area (Å²) in [7, 11) is 0. The van der Waals surface area contributed by atoms with Crippen LogP contribution in [0.5, 0.6) is 0 Å². The summed E-state index contributed by atoms with van der Waals surface area (Å²) in [5.74, 6) is -0.00924. The number of hydrogen-bond acceptors (Lipinski definition) is 4. The topological polar surface area (TPSA) is 63.4 Å². The van der Waals surface area contributed by atoms with Gasteiger partial charge in [-0.05, 0) is 42.7 Å². The van der Waals surface area contributed by atoms with Gasteiger partial charge in [-0.25, -0.2) is 0 Å². The highest BCUT2D eigenvalue weighted by molar-refractivity contribution is 7.16. The van der Waals surface area contributed by atoms with Crippen molar-refractivity contribution in [1.29, 1.82) is 0 Å². The zero-order valence-corrected chi connectivity index (χ0v) is 13.5. The van der Waals surface area contributed by atoms with Crippen LogP contribution in [0.4, 0.5) is 10.7 Å². The molecule has 2 aromatic rings. The van der Waals surface area contributed by atoms with E-state index in [-0.39, 0.29) is 11.7 Å². The molecule has 0 bridgehead atoms. The zero-order valence-electron chi connectivity index (χ0n) is 12.7. The highest BCUT2D eigenvalue weighted by Crippen LogP contribution is 2.32. The predicted octanol–water partition coefficient (Wildman–Crippen LogP) is 3.03. The first-order chi connectivity index (χ1) is 10.5. The van der Waals surface area contributed by atoms with Crippen molar-refractivity contribution < 1.29 is 9.59 Å². The van der Waals surface area contributed by atoms with Gasteiger partial charge in [-0.15, -0.1) is 11.3 Å². The number of amides is 1. The number of carbonyl (C=O) groups excluding carboxylic acids is 2. The van der Waals surface area contributed by atoms with E-state index in [1.807, 2.05) is 25.1 Å². The Kier molecular flexibility index (Phi) is 3.74. The fourth-order valence-corrected chi connectivity index (χ4v) is 3.70. The molecule has 4 nitrogen and oxygen atoms in total. The van der Waals surface area contributed by atoms with Crippen LogP contribution in [-0.2, 0) is 17.6 Å². The van der Waals surface area contributed by atoms with Crippen molar-refractivity contribution in [3.05, 3.63) is 45.8 Å². The molecule has 5 heteroatoms. The average molecular weight is 314 g/mol. The van der Waals surface area contributed by atoms with Crippen LogP contribution in [-0.4, -0.2) is 18.2 Å². The van der Waals surface area contributed by atoms with Gasteiger partial charge in [-0.3, -0.25) is 9.59 Å². The first kappa shape index (κ1) is 14.8. The molecule has 0 radical (unpaired) electrons.